The van der Waals surface area contributed by atoms with Crippen LogP contribution in [0.4, 0.5) is 5.82 Å². The van der Waals surface area contributed by atoms with E-state index >= 15 is 0 Å². The maximum atomic E-state index is 12.3. The number of rotatable bonds is 10. The molecule has 0 aliphatic carbocycles. The first-order valence-electron chi connectivity index (χ1n) is 9.16. The van der Waals surface area contributed by atoms with Gasteiger partial charge in [0.25, 0.3) is 0 Å². The highest BCUT2D eigenvalue weighted by molar-refractivity contribution is 7.91. The monoisotopic (exact) mass is 455 g/mol. The van der Waals surface area contributed by atoms with Gasteiger partial charge in [0, 0.05) is 22.5 Å². The summed E-state index contributed by atoms with van der Waals surface area (Å²) in [5.74, 6) is -2.25. The first-order chi connectivity index (χ1) is 14.2. The van der Waals surface area contributed by atoms with Gasteiger partial charge in [0.1, 0.15) is 27.3 Å². The molecule has 0 saturated carbocycles. The van der Waals surface area contributed by atoms with Gasteiger partial charge in [-0.1, -0.05) is 18.5 Å². The van der Waals surface area contributed by atoms with Gasteiger partial charge in [-0.3, -0.25) is 0 Å². The average molecular weight is 456 g/mol. The van der Waals surface area contributed by atoms with E-state index in [0.29, 0.717) is 10.6 Å². The molecule has 2 N–H and O–H groups in total. The molecule has 0 spiro atoms. The highest BCUT2D eigenvalue weighted by Crippen LogP contribution is 2.23. The first-order valence-corrected chi connectivity index (χ1v) is 11.4. The number of anilines is 1. The molecule has 1 heterocycles. The van der Waals surface area contributed by atoms with Crippen molar-refractivity contribution in [2.45, 2.75) is 26.3 Å². The molecule has 0 aliphatic rings. The molecule has 0 radical (unpaired) electrons. The number of aliphatic carboxylic acids is 1. The number of ether oxygens (including phenoxy) is 1. The van der Waals surface area contributed by atoms with Crippen molar-refractivity contribution in [3.63, 3.8) is 0 Å². The van der Waals surface area contributed by atoms with Gasteiger partial charge in [0.05, 0.1) is 12.4 Å². The van der Waals surface area contributed by atoms with E-state index in [4.69, 9.17) is 16.3 Å². The van der Waals surface area contributed by atoms with E-state index in [1.54, 1.807) is 31.2 Å². The Morgan fingerprint density at radius 3 is 2.47 bits per heavy atom. The molecule has 162 valence electrons. The molecular formula is C19H22ClN3O6S. The third kappa shape index (κ3) is 6.39. The minimum absolute atomic E-state index is 0.0563. The maximum Gasteiger partial charge on any atom is 0.343 e. The van der Waals surface area contributed by atoms with Gasteiger partial charge in [-0.15, -0.1) is 0 Å². The summed E-state index contributed by atoms with van der Waals surface area (Å²) in [5.41, 5.74) is 0.539. The summed E-state index contributed by atoms with van der Waals surface area (Å²) in [7, 11) is -3.37. The van der Waals surface area contributed by atoms with Crippen molar-refractivity contribution in [2.24, 2.45) is 0 Å². The Labute approximate surface area is 179 Å². The van der Waals surface area contributed by atoms with Crippen LogP contribution < -0.4 is 5.32 Å². The fourth-order valence-electron chi connectivity index (χ4n) is 2.45. The predicted molar refractivity (Wildman–Crippen MR) is 112 cm³/mol. The molecule has 2 aromatic rings. The number of nitrogens with zero attached hydrogens (tertiary/aromatic N) is 2. The number of carbonyl (C=O) groups is 2. The van der Waals surface area contributed by atoms with E-state index in [9.17, 15) is 23.1 Å². The number of carboxylic acids is 1. The van der Waals surface area contributed by atoms with Crippen molar-refractivity contribution in [2.75, 3.05) is 23.4 Å². The largest absolute Gasteiger partial charge is 0.480 e. The standard InChI is InChI=1S/C19H22ClN3O6S/c1-3-29-19(26)14-11-21-16(12-5-7-13(20)8-6-12)23-17(14)22-15(18(24)25)9-10-30(27,28)4-2/h5-8,11,15H,3-4,9-10H2,1-2H3,(H,24,25)(H,21,22,23). The van der Waals surface area contributed by atoms with Gasteiger partial charge in [-0.2, -0.15) is 0 Å². The van der Waals surface area contributed by atoms with Gasteiger partial charge < -0.3 is 15.2 Å². The minimum atomic E-state index is -3.37. The summed E-state index contributed by atoms with van der Waals surface area (Å²) < 4.78 is 28.5. The summed E-state index contributed by atoms with van der Waals surface area (Å²) in [4.78, 5) is 32.4. The molecule has 2 rings (SSSR count). The number of hydrogen-bond acceptors (Lipinski definition) is 8. The normalized spacial score (nSPS) is 12.2. The van der Waals surface area contributed by atoms with E-state index in [0.717, 1.165) is 0 Å². The number of aromatic nitrogens is 2. The van der Waals surface area contributed by atoms with Gasteiger partial charge in [0.15, 0.2) is 5.82 Å². The fourth-order valence-corrected chi connectivity index (χ4v) is 3.46. The van der Waals surface area contributed by atoms with E-state index in [1.165, 1.54) is 13.1 Å². The number of hydrogen-bond donors (Lipinski definition) is 2. The van der Waals surface area contributed by atoms with Crippen LogP contribution in [0.15, 0.2) is 30.5 Å². The van der Waals surface area contributed by atoms with E-state index in [1.807, 2.05) is 0 Å². The highest BCUT2D eigenvalue weighted by Gasteiger charge is 2.25. The second kappa shape index (κ2) is 10.4. The van der Waals surface area contributed by atoms with Crippen LogP contribution in [0.2, 0.25) is 5.02 Å². The fraction of sp³-hybridized carbons (Fsp3) is 0.368. The zero-order chi connectivity index (χ0) is 22.3. The summed E-state index contributed by atoms with van der Waals surface area (Å²) >= 11 is 5.89. The first kappa shape index (κ1) is 23.6. The number of nitrogens with one attached hydrogen (secondary N) is 1. The molecule has 0 bridgehead atoms. The number of carboxylic acid groups (broad SMARTS) is 1. The second-order valence-electron chi connectivity index (χ2n) is 6.24. The Hall–Kier alpha value is -2.72. The molecule has 1 unspecified atom stereocenters. The molecule has 1 aromatic carbocycles. The van der Waals surface area contributed by atoms with Crippen LogP contribution in [0.5, 0.6) is 0 Å². The Kier molecular flexibility index (Phi) is 8.13. The summed E-state index contributed by atoms with van der Waals surface area (Å²) in [6.45, 7) is 3.22. The molecule has 1 aromatic heterocycles. The van der Waals surface area contributed by atoms with Gasteiger partial charge in [-0.25, -0.2) is 28.0 Å². The lowest BCUT2D eigenvalue weighted by molar-refractivity contribution is -0.137. The summed E-state index contributed by atoms with van der Waals surface area (Å²) in [6.07, 6.45) is 1.03. The molecule has 9 nitrogen and oxygen atoms in total. The third-order valence-electron chi connectivity index (χ3n) is 4.15. The lowest BCUT2D eigenvalue weighted by Gasteiger charge is -2.17. The molecule has 0 amide bonds. The number of halogens is 1. The van der Waals surface area contributed by atoms with Crippen molar-refractivity contribution < 1.29 is 27.9 Å². The van der Waals surface area contributed by atoms with Gasteiger partial charge in [-0.05, 0) is 37.6 Å². The minimum Gasteiger partial charge on any atom is -0.480 e. The predicted octanol–water partition coefficient (Wildman–Crippen LogP) is 2.66. The molecule has 0 saturated heterocycles. The number of sulfone groups is 1. The molecule has 0 aliphatic heterocycles. The zero-order valence-corrected chi connectivity index (χ0v) is 18.0. The molecule has 30 heavy (non-hydrogen) atoms. The SMILES string of the molecule is CCOC(=O)c1cnc(-c2ccc(Cl)cc2)nc1NC(CCS(=O)(=O)CC)C(=O)O. The highest BCUT2D eigenvalue weighted by atomic mass is 35.5. The average Bonchev–Trinajstić information content (AvgIpc) is 2.71. The Balaban J connectivity index is 2.41. The van der Waals surface area contributed by atoms with Gasteiger partial charge in [0.2, 0.25) is 0 Å². The van der Waals surface area contributed by atoms with E-state index in [-0.39, 0.29) is 41.7 Å². The third-order valence-corrected chi connectivity index (χ3v) is 6.14. The number of benzene rings is 1. The number of esters is 1. The Bertz CT molecular complexity index is 1010. The molecule has 11 heteroatoms. The van der Waals surface area contributed by atoms with Crippen LogP contribution in [0.25, 0.3) is 11.4 Å². The summed E-state index contributed by atoms with van der Waals surface area (Å²) in [5, 5.41) is 12.7. The van der Waals surface area contributed by atoms with E-state index < -0.39 is 27.8 Å². The Morgan fingerprint density at radius 1 is 1.23 bits per heavy atom. The van der Waals surface area contributed by atoms with Crippen molar-refractivity contribution >= 4 is 39.2 Å². The van der Waals surface area contributed by atoms with Crippen molar-refractivity contribution in [1.82, 2.24) is 9.97 Å². The van der Waals surface area contributed by atoms with Crippen LogP contribution in [0.1, 0.15) is 30.6 Å². The smallest absolute Gasteiger partial charge is 0.343 e. The van der Waals surface area contributed by atoms with Crippen molar-refractivity contribution in [1.29, 1.82) is 0 Å². The van der Waals surface area contributed by atoms with Crippen LogP contribution >= 0.6 is 11.6 Å². The Morgan fingerprint density at radius 2 is 1.90 bits per heavy atom. The van der Waals surface area contributed by atoms with E-state index in [2.05, 4.69) is 15.3 Å². The second-order valence-corrected chi connectivity index (χ2v) is 9.15. The lowest BCUT2D eigenvalue weighted by Crippen LogP contribution is -2.33. The van der Waals surface area contributed by atoms with Crippen molar-refractivity contribution in [3.8, 4) is 11.4 Å². The van der Waals surface area contributed by atoms with Crippen LogP contribution in [0.3, 0.4) is 0 Å². The molecule has 1 atom stereocenters. The van der Waals surface area contributed by atoms with Crippen LogP contribution in [-0.4, -0.2) is 59.6 Å². The molecular weight excluding hydrogens is 434 g/mol. The van der Waals surface area contributed by atoms with Crippen molar-refractivity contribution in [3.05, 3.63) is 41.0 Å². The van der Waals surface area contributed by atoms with Crippen LogP contribution in [0, 0.1) is 0 Å². The quantitative estimate of drug-likeness (QED) is 0.518. The maximum absolute atomic E-state index is 12.3. The van der Waals surface area contributed by atoms with Crippen LogP contribution in [-0.2, 0) is 19.4 Å². The lowest BCUT2D eigenvalue weighted by atomic mass is 10.2. The van der Waals surface area contributed by atoms with Gasteiger partial charge >= 0.3 is 11.9 Å². The molecule has 0 fully saturated rings. The summed E-state index contributed by atoms with van der Waals surface area (Å²) in [6, 6.07) is 5.35. The number of carbonyl (C=O) groups excluding carboxylic acids is 1. The zero-order valence-electron chi connectivity index (χ0n) is 16.5. The topological polar surface area (TPSA) is 136 Å².